The lowest BCUT2D eigenvalue weighted by molar-refractivity contribution is -0.384. The van der Waals surface area contributed by atoms with Gasteiger partial charge in [-0.2, -0.15) is 13.2 Å². The number of hydrogen-bond acceptors (Lipinski definition) is 7. The summed E-state index contributed by atoms with van der Waals surface area (Å²) in [6.45, 7) is -0.558. The Morgan fingerprint density at radius 3 is 2.34 bits per heavy atom. The molecule has 0 saturated carbocycles. The third kappa shape index (κ3) is 7.54. The first-order chi connectivity index (χ1) is 19.3. The van der Waals surface area contributed by atoms with Gasteiger partial charge in [-0.15, -0.1) is 0 Å². The molecule has 0 bridgehead atoms. The van der Waals surface area contributed by atoms with Gasteiger partial charge < -0.3 is 10.1 Å². The maximum atomic E-state index is 12.9. The predicted octanol–water partition coefficient (Wildman–Crippen LogP) is 7.39. The number of nitrogens with zero attached hydrogens (tertiary/aromatic N) is 2. The molecule has 3 amide bonds. The molecule has 1 N–H and O–H groups in total. The number of imide groups is 1. The number of alkyl halides is 3. The summed E-state index contributed by atoms with van der Waals surface area (Å²) >= 11 is 7.43. The number of nitro groups is 1. The largest absolute Gasteiger partial charge is 0.487 e. The second-order valence-corrected chi connectivity index (χ2v) is 11.1. The average Bonchev–Trinajstić information content (AvgIpc) is 3.15. The predicted molar refractivity (Wildman–Crippen MR) is 152 cm³/mol. The molecule has 0 atom stereocenters. The van der Waals surface area contributed by atoms with Crippen LogP contribution >= 0.6 is 43.6 Å². The van der Waals surface area contributed by atoms with Gasteiger partial charge in [0.1, 0.15) is 18.9 Å². The summed E-state index contributed by atoms with van der Waals surface area (Å²) in [4.78, 5) is 48.8. The molecule has 15 heteroatoms. The van der Waals surface area contributed by atoms with E-state index < -0.39 is 40.3 Å². The van der Waals surface area contributed by atoms with Gasteiger partial charge in [-0.3, -0.25) is 29.4 Å². The van der Waals surface area contributed by atoms with Crippen LogP contribution in [0.25, 0.3) is 6.08 Å². The minimum Gasteiger partial charge on any atom is -0.487 e. The zero-order chi connectivity index (χ0) is 29.9. The highest BCUT2D eigenvalue weighted by atomic mass is 79.9. The molecule has 1 saturated heterocycles. The molecule has 3 aromatic rings. The number of rotatable bonds is 8. The summed E-state index contributed by atoms with van der Waals surface area (Å²) in [5.74, 6) is -1.14. The Morgan fingerprint density at radius 2 is 1.73 bits per heavy atom. The number of nitrogens with one attached hydrogen (secondary N) is 1. The van der Waals surface area contributed by atoms with Gasteiger partial charge in [0.2, 0.25) is 5.91 Å². The van der Waals surface area contributed by atoms with Crippen molar-refractivity contribution in [1.29, 1.82) is 0 Å². The van der Waals surface area contributed by atoms with Crippen LogP contribution in [0.5, 0.6) is 5.75 Å². The van der Waals surface area contributed by atoms with Gasteiger partial charge in [-0.05, 0) is 103 Å². The van der Waals surface area contributed by atoms with E-state index in [1.54, 1.807) is 24.3 Å². The van der Waals surface area contributed by atoms with E-state index in [0.29, 0.717) is 42.5 Å². The first kappa shape index (κ1) is 30.3. The molecule has 1 heterocycles. The van der Waals surface area contributed by atoms with E-state index in [0.717, 1.165) is 18.2 Å². The zero-order valence-electron chi connectivity index (χ0n) is 20.4. The van der Waals surface area contributed by atoms with E-state index in [1.165, 1.54) is 24.3 Å². The molecule has 0 spiro atoms. The fourth-order valence-corrected chi connectivity index (χ4v) is 5.86. The summed E-state index contributed by atoms with van der Waals surface area (Å²) in [5, 5.41) is 12.4. The van der Waals surface area contributed by atoms with Gasteiger partial charge in [0.05, 0.1) is 24.3 Å². The number of halogens is 5. The quantitative estimate of drug-likeness (QED) is 0.147. The van der Waals surface area contributed by atoms with Gasteiger partial charge in [0, 0.05) is 17.8 Å². The standard InChI is InChI=1S/C26H16Br2F3N3O6S/c27-19-8-15(9-20(28)23(19)40-13-14-4-6-18(7-5-14)34(38)39)10-21-24(36)33(25(37)41-21)12-22(35)32-17-3-1-2-16(11-17)26(29,30)31/h1-11H,12-13H2,(H,32,35)/b21-10-. The first-order valence-corrected chi connectivity index (χ1v) is 13.8. The molecule has 3 aromatic carbocycles. The third-order valence-electron chi connectivity index (χ3n) is 5.50. The topological polar surface area (TPSA) is 119 Å². The fraction of sp³-hybridized carbons (Fsp3) is 0.115. The lowest BCUT2D eigenvalue weighted by Crippen LogP contribution is -2.36. The summed E-state index contributed by atoms with van der Waals surface area (Å²) in [6, 6.07) is 13.2. The van der Waals surface area contributed by atoms with Crippen molar-refractivity contribution in [3.8, 4) is 5.75 Å². The Hall–Kier alpha value is -3.69. The minimum absolute atomic E-state index is 0.0405. The van der Waals surface area contributed by atoms with Crippen LogP contribution in [0.1, 0.15) is 16.7 Å². The molecule has 1 aliphatic rings. The molecule has 0 unspecified atom stereocenters. The number of hydrogen-bond donors (Lipinski definition) is 1. The molecule has 4 rings (SSSR count). The molecular formula is C26H16Br2F3N3O6S. The van der Waals surface area contributed by atoms with Crippen molar-refractivity contribution in [2.45, 2.75) is 12.8 Å². The van der Waals surface area contributed by atoms with Crippen LogP contribution < -0.4 is 10.1 Å². The van der Waals surface area contributed by atoms with Crippen molar-refractivity contribution in [2.75, 3.05) is 11.9 Å². The zero-order valence-corrected chi connectivity index (χ0v) is 24.4. The summed E-state index contributed by atoms with van der Waals surface area (Å²) in [7, 11) is 0. The smallest absolute Gasteiger partial charge is 0.416 e. The van der Waals surface area contributed by atoms with E-state index in [2.05, 4.69) is 37.2 Å². The molecule has 0 aliphatic carbocycles. The molecule has 1 aliphatic heterocycles. The van der Waals surface area contributed by atoms with Crippen molar-refractivity contribution in [2.24, 2.45) is 0 Å². The van der Waals surface area contributed by atoms with Gasteiger partial charge in [0.25, 0.3) is 16.8 Å². The number of nitro benzene ring substituents is 1. The van der Waals surface area contributed by atoms with Crippen LogP contribution in [0.4, 0.5) is 29.3 Å². The van der Waals surface area contributed by atoms with E-state index in [4.69, 9.17) is 4.74 Å². The molecule has 212 valence electrons. The Labute approximate surface area is 251 Å². The number of thioether (sulfide) groups is 1. The van der Waals surface area contributed by atoms with Crippen LogP contribution in [0.3, 0.4) is 0 Å². The maximum Gasteiger partial charge on any atom is 0.416 e. The van der Waals surface area contributed by atoms with Gasteiger partial charge in [-0.1, -0.05) is 6.07 Å². The van der Waals surface area contributed by atoms with Crippen molar-refractivity contribution in [3.05, 3.63) is 101 Å². The number of carbonyl (C=O) groups excluding carboxylic acids is 3. The SMILES string of the molecule is O=C(CN1C(=O)S/C(=C\c2cc(Br)c(OCc3ccc([N+](=O)[O-])cc3)c(Br)c2)C1=O)Nc1cccc(C(F)(F)F)c1. The second kappa shape index (κ2) is 12.4. The molecular weight excluding hydrogens is 699 g/mol. The van der Waals surface area contributed by atoms with Crippen LogP contribution in [0, 0.1) is 10.1 Å². The van der Waals surface area contributed by atoms with E-state index >= 15 is 0 Å². The van der Waals surface area contributed by atoms with Gasteiger partial charge >= 0.3 is 6.18 Å². The summed E-state index contributed by atoms with van der Waals surface area (Å²) < 4.78 is 45.6. The van der Waals surface area contributed by atoms with E-state index in [1.807, 2.05) is 0 Å². The van der Waals surface area contributed by atoms with Crippen molar-refractivity contribution < 1.29 is 37.2 Å². The van der Waals surface area contributed by atoms with Crippen LogP contribution in [-0.2, 0) is 22.4 Å². The van der Waals surface area contributed by atoms with Crippen molar-refractivity contribution in [3.63, 3.8) is 0 Å². The lowest BCUT2D eigenvalue weighted by Gasteiger charge is -2.13. The molecule has 41 heavy (non-hydrogen) atoms. The monoisotopic (exact) mass is 713 g/mol. The Morgan fingerprint density at radius 1 is 1.07 bits per heavy atom. The Balaban J connectivity index is 1.42. The highest BCUT2D eigenvalue weighted by molar-refractivity contribution is 9.11. The van der Waals surface area contributed by atoms with E-state index in [9.17, 15) is 37.7 Å². The number of benzene rings is 3. The maximum absolute atomic E-state index is 12.9. The third-order valence-corrected chi connectivity index (χ3v) is 7.58. The lowest BCUT2D eigenvalue weighted by atomic mass is 10.2. The fourth-order valence-electron chi connectivity index (χ4n) is 3.58. The minimum atomic E-state index is -4.60. The Kier molecular flexibility index (Phi) is 9.19. The van der Waals surface area contributed by atoms with Crippen LogP contribution in [0.2, 0.25) is 0 Å². The number of amides is 3. The van der Waals surface area contributed by atoms with E-state index in [-0.39, 0.29) is 22.9 Å². The van der Waals surface area contributed by atoms with Crippen molar-refractivity contribution in [1.82, 2.24) is 4.90 Å². The van der Waals surface area contributed by atoms with Crippen LogP contribution in [0.15, 0.2) is 74.5 Å². The van der Waals surface area contributed by atoms with Crippen molar-refractivity contribution >= 4 is 78.1 Å². The van der Waals surface area contributed by atoms with Gasteiger partial charge in [-0.25, -0.2) is 0 Å². The number of non-ortho nitro benzene ring substituents is 1. The normalized spacial score (nSPS) is 14.5. The number of carbonyl (C=O) groups is 3. The Bertz CT molecular complexity index is 1560. The number of anilines is 1. The first-order valence-electron chi connectivity index (χ1n) is 11.4. The molecule has 0 radical (unpaired) electrons. The molecule has 0 aromatic heterocycles. The summed E-state index contributed by atoms with van der Waals surface area (Å²) in [6.07, 6.45) is -3.15. The number of ether oxygens (including phenoxy) is 1. The van der Waals surface area contributed by atoms with Gasteiger partial charge in [0.15, 0.2) is 0 Å². The highest BCUT2D eigenvalue weighted by Gasteiger charge is 2.36. The average molecular weight is 715 g/mol. The summed E-state index contributed by atoms with van der Waals surface area (Å²) in [5.41, 5.74) is 0.0956. The highest BCUT2D eigenvalue weighted by Crippen LogP contribution is 2.38. The molecule has 9 nitrogen and oxygen atoms in total. The second-order valence-electron chi connectivity index (χ2n) is 8.42. The molecule has 1 fully saturated rings. The van der Waals surface area contributed by atoms with Crippen LogP contribution in [-0.4, -0.2) is 33.4 Å².